The third-order valence-corrected chi connectivity index (χ3v) is 9.68. The number of halogens is 1. The molecule has 1 aliphatic carbocycles. The molecule has 0 bridgehead atoms. The second kappa shape index (κ2) is 11.9. The van der Waals surface area contributed by atoms with Crippen LogP contribution in [0.4, 0.5) is 16.0 Å². The highest BCUT2D eigenvalue weighted by atomic mass is 32.2. The standard InChI is InChI=1S/C26H34FN5O5SSi/c1-36-23(33)11-14-38(34,35)26-30-25(32(31-26)17-37-13-15-39(2,3)4)29-24-20-7-5-6-18(20)8-9-21(24)19-10-12-28-22(27)16-19/h8-10,12,16H,5-7,11,13-15,17H2,1-4H3,(H,29,30,31). The Balaban J connectivity index is 1.71. The molecule has 1 N–H and O–H groups in total. The molecule has 0 atom stereocenters. The van der Waals surface area contributed by atoms with E-state index in [1.54, 1.807) is 6.07 Å². The van der Waals surface area contributed by atoms with Gasteiger partial charge < -0.3 is 14.8 Å². The number of nitrogens with one attached hydrogen (secondary N) is 1. The van der Waals surface area contributed by atoms with Crippen molar-refractivity contribution in [2.75, 3.05) is 24.8 Å². The molecule has 13 heteroatoms. The van der Waals surface area contributed by atoms with Gasteiger partial charge in [0.15, 0.2) is 0 Å². The lowest BCUT2D eigenvalue weighted by atomic mass is 9.98. The zero-order chi connectivity index (χ0) is 28.2. The Morgan fingerprint density at radius 2 is 2.00 bits per heavy atom. The fraction of sp³-hybridized carbons (Fsp3) is 0.462. The van der Waals surface area contributed by atoms with Crippen molar-refractivity contribution in [3.05, 3.63) is 47.5 Å². The Morgan fingerprint density at radius 1 is 1.21 bits per heavy atom. The quantitative estimate of drug-likeness (QED) is 0.145. The first-order chi connectivity index (χ1) is 18.5. The van der Waals surface area contributed by atoms with Gasteiger partial charge in [-0.15, -0.1) is 5.10 Å². The van der Waals surface area contributed by atoms with Crippen molar-refractivity contribution in [1.82, 2.24) is 19.7 Å². The number of esters is 1. The summed E-state index contributed by atoms with van der Waals surface area (Å²) in [6, 6.07) is 7.96. The maximum absolute atomic E-state index is 14.0. The average Bonchev–Trinajstić information content (AvgIpc) is 3.52. The van der Waals surface area contributed by atoms with E-state index in [4.69, 9.17) is 4.74 Å². The molecule has 3 aromatic rings. The first-order valence-corrected chi connectivity index (χ1v) is 18.2. The van der Waals surface area contributed by atoms with Crippen LogP contribution in [0, 0.1) is 5.95 Å². The SMILES string of the molecule is COC(=O)CCS(=O)(=O)c1nc(Nc2c(-c3ccnc(F)c3)ccc3c2CCC3)n(COCC[Si](C)(C)C)n1. The summed E-state index contributed by atoms with van der Waals surface area (Å²) in [5, 5.41) is 7.14. The Labute approximate surface area is 228 Å². The van der Waals surface area contributed by atoms with E-state index >= 15 is 0 Å². The number of aromatic nitrogens is 4. The maximum atomic E-state index is 14.0. The van der Waals surface area contributed by atoms with Gasteiger partial charge in [0.25, 0.3) is 5.16 Å². The van der Waals surface area contributed by atoms with Gasteiger partial charge in [-0.05, 0) is 48.1 Å². The minimum atomic E-state index is -3.98. The van der Waals surface area contributed by atoms with Gasteiger partial charge in [-0.3, -0.25) is 4.79 Å². The molecule has 1 aliphatic rings. The van der Waals surface area contributed by atoms with Crippen molar-refractivity contribution >= 4 is 35.5 Å². The van der Waals surface area contributed by atoms with Crippen molar-refractivity contribution in [1.29, 1.82) is 0 Å². The molecule has 210 valence electrons. The molecule has 4 rings (SSSR count). The third kappa shape index (κ3) is 7.28. The second-order valence-corrected chi connectivity index (χ2v) is 18.3. The smallest absolute Gasteiger partial charge is 0.306 e. The van der Waals surface area contributed by atoms with E-state index in [0.29, 0.717) is 17.9 Å². The summed E-state index contributed by atoms with van der Waals surface area (Å²) in [4.78, 5) is 19.6. The lowest BCUT2D eigenvalue weighted by Gasteiger charge is -2.18. The van der Waals surface area contributed by atoms with Gasteiger partial charge in [0, 0.05) is 32.5 Å². The largest absolute Gasteiger partial charge is 0.469 e. The molecular formula is C26H34FN5O5SSi. The first-order valence-electron chi connectivity index (χ1n) is 12.8. The number of carbonyl (C=O) groups excluding carboxylic acids is 1. The minimum Gasteiger partial charge on any atom is -0.469 e. The van der Waals surface area contributed by atoms with Crippen molar-refractivity contribution in [2.45, 2.75) is 63.3 Å². The topological polar surface area (TPSA) is 125 Å². The number of hydrogen-bond donors (Lipinski definition) is 1. The number of pyridine rings is 1. The van der Waals surface area contributed by atoms with Crippen LogP contribution in [0.25, 0.3) is 11.1 Å². The van der Waals surface area contributed by atoms with Crippen LogP contribution in [-0.4, -0.2) is 61.7 Å². The molecule has 0 fully saturated rings. The molecule has 0 spiro atoms. The van der Waals surface area contributed by atoms with Crippen LogP contribution in [0.15, 0.2) is 35.6 Å². The number of ether oxygens (including phenoxy) is 2. The van der Waals surface area contributed by atoms with Crippen LogP contribution in [0.3, 0.4) is 0 Å². The lowest BCUT2D eigenvalue weighted by Crippen LogP contribution is -2.22. The van der Waals surface area contributed by atoms with Crippen molar-refractivity contribution in [2.24, 2.45) is 0 Å². The zero-order valence-corrected chi connectivity index (χ0v) is 24.5. The summed E-state index contributed by atoms with van der Waals surface area (Å²) in [5.74, 6) is -1.55. The predicted molar refractivity (Wildman–Crippen MR) is 148 cm³/mol. The molecule has 1 aromatic carbocycles. The van der Waals surface area contributed by atoms with Gasteiger partial charge in [-0.1, -0.05) is 31.8 Å². The van der Waals surface area contributed by atoms with Crippen molar-refractivity contribution < 1.29 is 27.1 Å². The first kappa shape index (κ1) is 28.8. The Hall–Kier alpha value is -3.16. The van der Waals surface area contributed by atoms with Crippen LogP contribution in [-0.2, 0) is 43.7 Å². The number of fused-ring (bicyclic) bond motifs is 1. The van der Waals surface area contributed by atoms with Crippen LogP contribution in [0.2, 0.25) is 25.7 Å². The highest BCUT2D eigenvalue weighted by Crippen LogP contribution is 2.39. The molecule has 2 heterocycles. The number of sulfone groups is 1. The van der Waals surface area contributed by atoms with E-state index in [1.165, 1.54) is 29.6 Å². The normalized spacial score (nSPS) is 13.4. The number of methoxy groups -OCH3 is 1. The van der Waals surface area contributed by atoms with Crippen molar-refractivity contribution in [3.63, 3.8) is 0 Å². The molecule has 0 unspecified atom stereocenters. The van der Waals surface area contributed by atoms with Crippen LogP contribution < -0.4 is 5.32 Å². The number of aryl methyl sites for hydroxylation is 1. The monoisotopic (exact) mass is 575 g/mol. The summed E-state index contributed by atoms with van der Waals surface area (Å²) >= 11 is 0. The molecule has 0 saturated carbocycles. The maximum Gasteiger partial charge on any atom is 0.306 e. The zero-order valence-electron chi connectivity index (χ0n) is 22.7. The molecule has 39 heavy (non-hydrogen) atoms. The highest BCUT2D eigenvalue weighted by molar-refractivity contribution is 7.91. The van der Waals surface area contributed by atoms with Crippen LogP contribution in [0.5, 0.6) is 0 Å². The predicted octanol–water partition coefficient (Wildman–Crippen LogP) is 4.36. The van der Waals surface area contributed by atoms with E-state index in [-0.39, 0.29) is 19.1 Å². The number of carbonyl (C=O) groups is 1. The lowest BCUT2D eigenvalue weighted by molar-refractivity contribution is -0.140. The number of rotatable bonds is 12. The Morgan fingerprint density at radius 3 is 2.72 bits per heavy atom. The number of benzene rings is 1. The minimum absolute atomic E-state index is 0.0133. The van der Waals surface area contributed by atoms with E-state index in [2.05, 4.69) is 44.8 Å². The average molecular weight is 576 g/mol. The fourth-order valence-corrected chi connectivity index (χ4v) is 6.13. The summed E-state index contributed by atoms with van der Waals surface area (Å²) < 4.78 is 51.8. The Kier molecular flexibility index (Phi) is 8.82. The van der Waals surface area contributed by atoms with Gasteiger partial charge in [-0.25, -0.2) is 18.1 Å². The summed E-state index contributed by atoms with van der Waals surface area (Å²) in [6.45, 7) is 7.21. The molecular weight excluding hydrogens is 541 g/mol. The van der Waals surface area contributed by atoms with Gasteiger partial charge >= 0.3 is 5.97 Å². The molecule has 0 aliphatic heterocycles. The molecule has 0 amide bonds. The summed E-state index contributed by atoms with van der Waals surface area (Å²) in [7, 11) is -4.12. The number of nitrogens with zero attached hydrogens (tertiary/aromatic N) is 4. The van der Waals surface area contributed by atoms with Crippen LogP contribution in [0.1, 0.15) is 24.0 Å². The molecule has 2 aromatic heterocycles. The van der Waals surface area contributed by atoms with Crippen LogP contribution >= 0.6 is 0 Å². The summed E-state index contributed by atoms with van der Waals surface area (Å²) in [5.41, 5.74) is 4.31. The van der Waals surface area contributed by atoms with Gasteiger partial charge in [-0.2, -0.15) is 9.37 Å². The van der Waals surface area contributed by atoms with E-state index in [0.717, 1.165) is 36.4 Å². The van der Waals surface area contributed by atoms with Gasteiger partial charge in [0.05, 0.1) is 25.0 Å². The van der Waals surface area contributed by atoms with Gasteiger partial charge in [0.2, 0.25) is 21.7 Å². The Bertz CT molecular complexity index is 1460. The molecule has 0 radical (unpaired) electrons. The van der Waals surface area contributed by atoms with Gasteiger partial charge in [0.1, 0.15) is 6.73 Å². The fourth-order valence-electron chi connectivity index (χ4n) is 4.31. The summed E-state index contributed by atoms with van der Waals surface area (Å²) in [6.07, 6.45) is 3.78. The van der Waals surface area contributed by atoms with E-state index in [1.807, 2.05) is 12.1 Å². The number of anilines is 2. The van der Waals surface area contributed by atoms with E-state index < -0.39 is 40.7 Å². The van der Waals surface area contributed by atoms with E-state index in [9.17, 15) is 17.6 Å². The molecule has 0 saturated heterocycles. The molecule has 10 nitrogen and oxygen atoms in total. The van der Waals surface area contributed by atoms with Crippen molar-refractivity contribution in [3.8, 4) is 11.1 Å². The number of hydrogen-bond acceptors (Lipinski definition) is 9. The third-order valence-electron chi connectivity index (χ3n) is 6.50. The second-order valence-electron chi connectivity index (χ2n) is 10.7. The highest BCUT2D eigenvalue weighted by Gasteiger charge is 2.26.